The summed E-state index contributed by atoms with van der Waals surface area (Å²) in [6.07, 6.45) is 0.291. The summed E-state index contributed by atoms with van der Waals surface area (Å²) in [4.78, 5) is 26.6. The van der Waals surface area contributed by atoms with Crippen molar-refractivity contribution in [1.82, 2.24) is 10.1 Å². The van der Waals surface area contributed by atoms with E-state index in [0.29, 0.717) is 12.2 Å². The van der Waals surface area contributed by atoms with Gasteiger partial charge < -0.3 is 19.5 Å². The monoisotopic (exact) mass is 402 g/mol. The number of benzene rings is 2. The second-order valence-electron chi connectivity index (χ2n) is 5.91. The van der Waals surface area contributed by atoms with Crippen molar-refractivity contribution in [3.8, 4) is 11.5 Å². The van der Waals surface area contributed by atoms with Gasteiger partial charge in [0, 0.05) is 6.42 Å². The van der Waals surface area contributed by atoms with Crippen molar-refractivity contribution in [3.63, 3.8) is 0 Å². The van der Waals surface area contributed by atoms with Crippen LogP contribution in [0, 0.1) is 0 Å². The van der Waals surface area contributed by atoms with Crippen LogP contribution in [0.5, 0.6) is 11.5 Å². The van der Waals surface area contributed by atoms with Gasteiger partial charge in [-0.2, -0.15) is 4.98 Å². The van der Waals surface area contributed by atoms with E-state index in [9.17, 15) is 14.7 Å². The van der Waals surface area contributed by atoms with Crippen LogP contribution >= 0.6 is 11.6 Å². The molecule has 2 N–H and O–H groups in total. The average molecular weight is 403 g/mol. The van der Waals surface area contributed by atoms with Gasteiger partial charge in [0.05, 0.1) is 11.1 Å². The minimum Gasteiger partial charge on any atom is -0.505 e. The molecule has 1 heterocycles. The number of carbonyl (C=O) groups excluding carboxylic acids is 1. The summed E-state index contributed by atoms with van der Waals surface area (Å²) in [5, 5.41) is 22.7. The first-order valence-electron chi connectivity index (χ1n) is 8.14. The third kappa shape index (κ3) is 4.29. The molecule has 0 bridgehead atoms. The number of phenols is 1. The van der Waals surface area contributed by atoms with Gasteiger partial charge in [0.1, 0.15) is 16.5 Å². The molecule has 3 rings (SSSR count). The lowest BCUT2D eigenvalue weighted by atomic mass is 10.1. The van der Waals surface area contributed by atoms with Crippen molar-refractivity contribution in [3.05, 3.63) is 69.8 Å². The summed E-state index contributed by atoms with van der Waals surface area (Å²) in [5.41, 5.74) is 0.995. The van der Waals surface area contributed by atoms with Crippen LogP contribution in [0.1, 0.15) is 44.9 Å². The molecule has 0 radical (unpaired) electrons. The first-order chi connectivity index (χ1) is 13.3. The topological polar surface area (TPSA) is 123 Å². The molecule has 0 aliphatic heterocycles. The van der Waals surface area contributed by atoms with Gasteiger partial charge in [-0.15, -0.1) is 0 Å². The summed E-state index contributed by atoms with van der Waals surface area (Å²) >= 11 is 6.02. The number of hydrogen-bond acceptors (Lipinski definition) is 7. The smallest absolute Gasteiger partial charge is 0.335 e. The Bertz CT molecular complexity index is 1050. The number of aromatic nitrogens is 2. The SMILES string of the molecule is CC(=O)c1ccc(OCc2nc(Cc3cccc(C(=O)O)c3)no2)c(Cl)c1O. The number of nitrogens with zero attached hydrogens (tertiary/aromatic N) is 2. The first kappa shape index (κ1) is 19.4. The third-order valence-corrected chi connectivity index (χ3v) is 4.22. The second-order valence-corrected chi connectivity index (χ2v) is 6.28. The molecular formula is C19H15ClN2O6. The van der Waals surface area contributed by atoms with E-state index in [4.69, 9.17) is 26.0 Å². The summed E-state index contributed by atoms with van der Waals surface area (Å²) in [5.74, 6) is -0.980. The number of halogens is 1. The lowest BCUT2D eigenvalue weighted by molar-refractivity contribution is 0.0696. The largest absolute Gasteiger partial charge is 0.505 e. The molecule has 2 aromatic carbocycles. The standard InChI is InChI=1S/C19H15ClN2O6/c1-10(23)13-5-6-14(17(20)18(13)24)27-9-16-21-15(22-28-16)8-11-3-2-4-12(7-11)19(25)26/h2-7,24H,8-9H2,1H3,(H,25,26). The lowest BCUT2D eigenvalue weighted by Gasteiger charge is -2.09. The summed E-state index contributed by atoms with van der Waals surface area (Å²) in [7, 11) is 0. The zero-order valence-electron chi connectivity index (χ0n) is 14.7. The van der Waals surface area contributed by atoms with Crippen LogP contribution in [0.25, 0.3) is 0 Å². The molecule has 0 aliphatic rings. The van der Waals surface area contributed by atoms with Gasteiger partial charge in [-0.3, -0.25) is 4.79 Å². The number of phenolic OH excluding ortho intramolecular Hbond substituents is 1. The van der Waals surface area contributed by atoms with Gasteiger partial charge in [0.25, 0.3) is 5.89 Å². The van der Waals surface area contributed by atoms with Crippen molar-refractivity contribution in [2.45, 2.75) is 20.0 Å². The summed E-state index contributed by atoms with van der Waals surface area (Å²) in [6.45, 7) is 1.22. The Kier molecular flexibility index (Phi) is 5.60. The van der Waals surface area contributed by atoms with E-state index >= 15 is 0 Å². The Labute approximate surface area is 164 Å². The molecule has 8 nitrogen and oxygen atoms in total. The number of ether oxygens (including phenoxy) is 1. The van der Waals surface area contributed by atoms with E-state index in [1.807, 2.05) is 0 Å². The zero-order valence-corrected chi connectivity index (χ0v) is 15.4. The van der Waals surface area contributed by atoms with Gasteiger partial charge in [-0.25, -0.2) is 4.79 Å². The van der Waals surface area contributed by atoms with Crippen molar-refractivity contribution in [2.24, 2.45) is 0 Å². The number of hydrogen-bond donors (Lipinski definition) is 2. The number of carboxylic acids is 1. The highest BCUT2D eigenvalue weighted by molar-refractivity contribution is 6.34. The van der Waals surface area contributed by atoms with Crippen LogP contribution < -0.4 is 4.74 Å². The van der Waals surface area contributed by atoms with Crippen LogP contribution in [0.4, 0.5) is 0 Å². The maximum Gasteiger partial charge on any atom is 0.335 e. The average Bonchev–Trinajstić information content (AvgIpc) is 3.10. The third-order valence-electron chi connectivity index (χ3n) is 3.86. The molecule has 28 heavy (non-hydrogen) atoms. The molecular weight excluding hydrogens is 388 g/mol. The van der Waals surface area contributed by atoms with Crippen molar-refractivity contribution in [1.29, 1.82) is 0 Å². The van der Waals surface area contributed by atoms with Crippen LogP contribution in [-0.2, 0) is 13.0 Å². The normalized spacial score (nSPS) is 10.6. The van der Waals surface area contributed by atoms with E-state index in [0.717, 1.165) is 5.56 Å². The molecule has 0 fully saturated rings. The van der Waals surface area contributed by atoms with Crippen LogP contribution in [-0.4, -0.2) is 32.1 Å². The quantitative estimate of drug-likeness (QED) is 0.575. The molecule has 0 saturated heterocycles. The van der Waals surface area contributed by atoms with Gasteiger partial charge in [-0.05, 0) is 36.8 Å². The highest BCUT2D eigenvalue weighted by Crippen LogP contribution is 2.36. The minimum atomic E-state index is -1.01. The van der Waals surface area contributed by atoms with Crippen molar-refractivity contribution < 1.29 is 29.1 Å². The second kappa shape index (κ2) is 8.10. The van der Waals surface area contributed by atoms with Crippen LogP contribution in [0.2, 0.25) is 5.02 Å². The van der Waals surface area contributed by atoms with E-state index < -0.39 is 5.97 Å². The Morgan fingerprint density at radius 1 is 1.25 bits per heavy atom. The maximum atomic E-state index is 11.4. The molecule has 0 saturated carbocycles. The number of aromatic hydroxyl groups is 1. The van der Waals surface area contributed by atoms with Gasteiger partial charge in [-0.1, -0.05) is 28.9 Å². The number of Topliss-reactive ketones (excluding diaryl/α,β-unsaturated/α-hetero) is 1. The summed E-state index contributed by atoms with van der Waals surface area (Å²) < 4.78 is 10.6. The first-order valence-corrected chi connectivity index (χ1v) is 8.52. The molecule has 0 atom stereocenters. The van der Waals surface area contributed by atoms with E-state index in [1.54, 1.807) is 12.1 Å². The number of carboxylic acid groups (broad SMARTS) is 1. The predicted molar refractivity (Wildman–Crippen MR) is 98.0 cm³/mol. The Balaban J connectivity index is 1.67. The Morgan fingerprint density at radius 2 is 2.04 bits per heavy atom. The molecule has 1 aromatic heterocycles. The minimum absolute atomic E-state index is 0.0853. The Morgan fingerprint density at radius 3 is 2.75 bits per heavy atom. The van der Waals surface area contributed by atoms with Gasteiger partial charge >= 0.3 is 5.97 Å². The molecule has 0 aliphatic carbocycles. The van der Waals surface area contributed by atoms with Gasteiger partial charge in [0.15, 0.2) is 18.2 Å². The maximum absolute atomic E-state index is 11.4. The lowest BCUT2D eigenvalue weighted by Crippen LogP contribution is -2.00. The molecule has 0 spiro atoms. The van der Waals surface area contributed by atoms with E-state index in [2.05, 4.69) is 10.1 Å². The molecule has 9 heteroatoms. The fraction of sp³-hybridized carbons (Fsp3) is 0.158. The van der Waals surface area contributed by atoms with Crippen LogP contribution in [0.3, 0.4) is 0 Å². The van der Waals surface area contributed by atoms with E-state index in [1.165, 1.54) is 31.2 Å². The van der Waals surface area contributed by atoms with Gasteiger partial charge in [0.2, 0.25) is 0 Å². The highest BCUT2D eigenvalue weighted by Gasteiger charge is 2.16. The number of ketones is 1. The van der Waals surface area contributed by atoms with Crippen LogP contribution in [0.15, 0.2) is 40.9 Å². The number of carbonyl (C=O) groups is 2. The fourth-order valence-corrected chi connectivity index (χ4v) is 2.72. The number of aromatic carboxylic acids is 1. The predicted octanol–water partition coefficient (Wildman–Crippen LogP) is 3.50. The molecule has 144 valence electrons. The van der Waals surface area contributed by atoms with Crippen molar-refractivity contribution >= 4 is 23.4 Å². The number of rotatable bonds is 7. The molecule has 0 unspecified atom stereocenters. The molecule has 3 aromatic rings. The van der Waals surface area contributed by atoms with E-state index in [-0.39, 0.29) is 45.9 Å². The Hall–Kier alpha value is -3.39. The molecule has 0 amide bonds. The highest BCUT2D eigenvalue weighted by atomic mass is 35.5. The van der Waals surface area contributed by atoms with Crippen molar-refractivity contribution in [2.75, 3.05) is 0 Å². The fourth-order valence-electron chi connectivity index (χ4n) is 2.50. The zero-order chi connectivity index (χ0) is 20.3. The summed E-state index contributed by atoms with van der Waals surface area (Å²) in [6, 6.07) is 9.31.